The zero-order chi connectivity index (χ0) is 15.3. The van der Waals surface area contributed by atoms with Crippen molar-refractivity contribution in [2.24, 2.45) is 0 Å². The Morgan fingerprint density at radius 2 is 2.00 bits per heavy atom. The highest BCUT2D eigenvalue weighted by molar-refractivity contribution is 7.89. The molecule has 20 heavy (non-hydrogen) atoms. The minimum Gasteiger partial charge on any atom is -0.316 e. The fourth-order valence-corrected chi connectivity index (χ4v) is 3.52. The lowest BCUT2D eigenvalue weighted by Gasteiger charge is -2.18. The third-order valence-electron chi connectivity index (χ3n) is 2.70. The van der Waals surface area contributed by atoms with Crippen molar-refractivity contribution in [1.29, 1.82) is 0 Å². The largest absolute Gasteiger partial charge is 0.316 e. The van der Waals surface area contributed by atoms with Gasteiger partial charge >= 0.3 is 0 Å². The van der Waals surface area contributed by atoms with E-state index >= 15 is 0 Å². The second kappa shape index (κ2) is 7.38. The summed E-state index contributed by atoms with van der Waals surface area (Å²) in [5.74, 6) is 0. The molecule has 0 aliphatic carbocycles. The molecule has 0 bridgehead atoms. The van der Waals surface area contributed by atoms with Crippen molar-refractivity contribution >= 4 is 21.6 Å². The van der Waals surface area contributed by atoms with Gasteiger partial charge in [-0.1, -0.05) is 17.7 Å². The van der Waals surface area contributed by atoms with E-state index in [4.69, 9.17) is 11.6 Å². The average molecular weight is 320 g/mol. The summed E-state index contributed by atoms with van der Waals surface area (Å²) in [6.07, 6.45) is 0. The van der Waals surface area contributed by atoms with E-state index in [1.54, 1.807) is 12.1 Å². The molecule has 1 aromatic carbocycles. The summed E-state index contributed by atoms with van der Waals surface area (Å²) in [4.78, 5) is 2.11. The first-order valence-electron chi connectivity index (χ1n) is 6.36. The number of nitrogens with zero attached hydrogens (tertiary/aromatic N) is 1. The van der Waals surface area contributed by atoms with Crippen molar-refractivity contribution < 1.29 is 8.42 Å². The predicted molar refractivity (Wildman–Crippen MR) is 82.6 cm³/mol. The number of nitrogens with one attached hydrogen (secondary N) is 2. The zero-order valence-electron chi connectivity index (χ0n) is 12.3. The van der Waals surface area contributed by atoms with Crippen LogP contribution in [0.15, 0.2) is 23.1 Å². The molecule has 114 valence electrons. The van der Waals surface area contributed by atoms with Crippen LogP contribution in [0.3, 0.4) is 0 Å². The molecule has 0 saturated carbocycles. The lowest BCUT2D eigenvalue weighted by molar-refractivity contribution is 0.370. The molecule has 5 nitrogen and oxygen atoms in total. The molecule has 1 rings (SSSR count). The number of likely N-dealkylation sites (N-methyl/N-ethyl adjacent to an activating group) is 1. The number of hydrogen-bond acceptors (Lipinski definition) is 4. The van der Waals surface area contributed by atoms with E-state index in [-0.39, 0.29) is 10.9 Å². The number of rotatable bonds is 7. The van der Waals surface area contributed by atoms with Crippen LogP contribution < -0.4 is 10.0 Å². The maximum absolute atomic E-state index is 12.2. The first kappa shape index (κ1) is 17.4. The highest BCUT2D eigenvalue weighted by Gasteiger charge is 2.18. The monoisotopic (exact) mass is 319 g/mol. The van der Waals surface area contributed by atoms with Crippen LogP contribution in [0, 0.1) is 0 Å². The van der Waals surface area contributed by atoms with Gasteiger partial charge in [-0.2, -0.15) is 0 Å². The summed E-state index contributed by atoms with van der Waals surface area (Å²) in [6.45, 7) is 3.06. The molecule has 0 fully saturated rings. The van der Waals surface area contributed by atoms with Crippen LogP contribution >= 0.6 is 11.6 Å². The fraction of sp³-hybridized carbons (Fsp3) is 0.538. The maximum Gasteiger partial charge on any atom is 0.240 e. The summed E-state index contributed by atoms with van der Waals surface area (Å²) >= 11 is 6.09. The lowest BCUT2D eigenvalue weighted by Crippen LogP contribution is -2.39. The Hall–Kier alpha value is -0.660. The van der Waals surface area contributed by atoms with E-state index in [9.17, 15) is 8.42 Å². The summed E-state index contributed by atoms with van der Waals surface area (Å²) in [7, 11) is 2.06. The van der Waals surface area contributed by atoms with E-state index in [0.717, 1.165) is 5.56 Å². The van der Waals surface area contributed by atoms with Gasteiger partial charge in [0, 0.05) is 24.2 Å². The summed E-state index contributed by atoms with van der Waals surface area (Å²) in [5.41, 5.74) is 0.870. The van der Waals surface area contributed by atoms with Crippen molar-refractivity contribution in [3.8, 4) is 0 Å². The normalized spacial score (nSPS) is 13.7. The highest BCUT2D eigenvalue weighted by atomic mass is 35.5. The summed E-state index contributed by atoms with van der Waals surface area (Å²) in [5, 5.41) is 3.43. The second-order valence-corrected chi connectivity index (χ2v) is 7.19. The smallest absolute Gasteiger partial charge is 0.240 e. The third-order valence-corrected chi connectivity index (χ3v) is 4.64. The van der Waals surface area contributed by atoms with Gasteiger partial charge in [0.1, 0.15) is 0 Å². The van der Waals surface area contributed by atoms with Crippen molar-refractivity contribution in [3.63, 3.8) is 0 Å². The number of benzene rings is 1. The molecule has 0 spiro atoms. The van der Waals surface area contributed by atoms with Crippen LogP contribution in [0.4, 0.5) is 0 Å². The lowest BCUT2D eigenvalue weighted by atomic mass is 10.2. The SMILES string of the molecule is CNCc1ccc(S(=O)(=O)NC(C)CN(C)C)cc1Cl. The molecule has 0 aliphatic rings. The quantitative estimate of drug-likeness (QED) is 0.795. The molecule has 0 heterocycles. The Balaban J connectivity index is 2.90. The molecule has 1 unspecified atom stereocenters. The highest BCUT2D eigenvalue weighted by Crippen LogP contribution is 2.21. The maximum atomic E-state index is 12.2. The van der Waals surface area contributed by atoms with Crippen LogP contribution in [0.5, 0.6) is 0 Å². The summed E-state index contributed by atoms with van der Waals surface area (Å²) in [6, 6.07) is 4.61. The van der Waals surface area contributed by atoms with Gasteiger partial charge in [-0.25, -0.2) is 13.1 Å². The van der Waals surface area contributed by atoms with Crippen LogP contribution in [0.2, 0.25) is 5.02 Å². The van der Waals surface area contributed by atoms with E-state index in [1.807, 2.05) is 33.0 Å². The minimum absolute atomic E-state index is 0.175. The van der Waals surface area contributed by atoms with E-state index in [2.05, 4.69) is 10.0 Å². The Morgan fingerprint density at radius 1 is 1.35 bits per heavy atom. The Kier molecular flexibility index (Phi) is 6.42. The molecule has 0 radical (unpaired) electrons. The van der Waals surface area contributed by atoms with Crippen LogP contribution in [0.1, 0.15) is 12.5 Å². The van der Waals surface area contributed by atoms with Crippen LogP contribution in [-0.4, -0.2) is 47.0 Å². The average Bonchev–Trinajstić information content (AvgIpc) is 2.29. The number of hydrogen-bond donors (Lipinski definition) is 2. The topological polar surface area (TPSA) is 61.4 Å². The van der Waals surface area contributed by atoms with E-state index in [0.29, 0.717) is 18.1 Å². The molecule has 0 aliphatic heterocycles. The van der Waals surface area contributed by atoms with Crippen molar-refractivity contribution in [1.82, 2.24) is 14.9 Å². The third kappa shape index (κ3) is 5.03. The molecule has 1 atom stereocenters. The predicted octanol–water partition coefficient (Wildman–Crippen LogP) is 1.29. The van der Waals surface area contributed by atoms with Gasteiger partial charge in [0.25, 0.3) is 0 Å². The molecular weight excluding hydrogens is 298 g/mol. The van der Waals surface area contributed by atoms with Gasteiger partial charge in [-0.3, -0.25) is 0 Å². The number of halogens is 1. The van der Waals surface area contributed by atoms with Gasteiger partial charge in [0.2, 0.25) is 10.0 Å². The fourth-order valence-electron chi connectivity index (χ4n) is 1.95. The van der Waals surface area contributed by atoms with Crippen molar-refractivity contribution in [2.45, 2.75) is 24.4 Å². The molecule has 7 heteroatoms. The molecule has 0 saturated heterocycles. The molecule has 0 amide bonds. The van der Waals surface area contributed by atoms with E-state index < -0.39 is 10.0 Å². The molecule has 1 aromatic rings. The Bertz CT molecular complexity index is 547. The summed E-state index contributed by atoms with van der Waals surface area (Å²) < 4.78 is 27.1. The van der Waals surface area contributed by atoms with Crippen molar-refractivity contribution in [3.05, 3.63) is 28.8 Å². The van der Waals surface area contributed by atoms with Gasteiger partial charge < -0.3 is 10.2 Å². The molecular formula is C13H22ClN3O2S. The van der Waals surface area contributed by atoms with Crippen LogP contribution in [0.25, 0.3) is 0 Å². The van der Waals surface area contributed by atoms with Crippen molar-refractivity contribution in [2.75, 3.05) is 27.7 Å². The molecule has 0 aromatic heterocycles. The second-order valence-electron chi connectivity index (χ2n) is 5.07. The van der Waals surface area contributed by atoms with Gasteiger partial charge in [0.15, 0.2) is 0 Å². The standard InChI is InChI=1S/C13H22ClN3O2S/c1-10(9-17(3)4)16-20(18,19)12-6-5-11(8-15-2)13(14)7-12/h5-7,10,15-16H,8-9H2,1-4H3. The Morgan fingerprint density at radius 3 is 2.50 bits per heavy atom. The first-order chi connectivity index (χ1) is 9.26. The van der Waals surface area contributed by atoms with Gasteiger partial charge in [0.05, 0.1) is 4.90 Å². The van der Waals surface area contributed by atoms with Crippen LogP contribution in [-0.2, 0) is 16.6 Å². The minimum atomic E-state index is -3.54. The van der Waals surface area contributed by atoms with Gasteiger partial charge in [-0.15, -0.1) is 0 Å². The van der Waals surface area contributed by atoms with E-state index in [1.165, 1.54) is 6.07 Å². The Labute approximate surface area is 126 Å². The zero-order valence-corrected chi connectivity index (χ0v) is 13.8. The number of sulfonamides is 1. The molecule has 2 N–H and O–H groups in total. The van der Waals surface area contributed by atoms with Gasteiger partial charge in [-0.05, 0) is 45.8 Å². The first-order valence-corrected chi connectivity index (χ1v) is 8.22.